The van der Waals surface area contributed by atoms with Gasteiger partial charge in [-0.3, -0.25) is 9.69 Å². The number of hydrogen-bond donors (Lipinski definition) is 1. The summed E-state index contributed by atoms with van der Waals surface area (Å²) in [4.78, 5) is 14.6. The van der Waals surface area contributed by atoms with Gasteiger partial charge in [0.15, 0.2) is 0 Å². The molecule has 7 nitrogen and oxygen atoms in total. The van der Waals surface area contributed by atoms with Crippen LogP contribution in [0.15, 0.2) is 52.0 Å². The monoisotopic (exact) mass is 391 g/mol. The molecular weight excluding hydrogens is 366 g/mol. The Kier molecular flexibility index (Phi) is 5.98. The SMILES string of the molecule is C[C@@H](C(=O)Nc1ccc(S(=O)(=O)N2CCCC2)cc1)N(C)Cc1ccco1. The Hall–Kier alpha value is -2.16. The van der Waals surface area contributed by atoms with Crippen LogP contribution in [-0.4, -0.2) is 49.7 Å². The van der Waals surface area contributed by atoms with Gasteiger partial charge in [0.1, 0.15) is 5.76 Å². The lowest BCUT2D eigenvalue weighted by molar-refractivity contribution is -0.120. The van der Waals surface area contributed by atoms with E-state index >= 15 is 0 Å². The molecule has 1 N–H and O–H groups in total. The molecule has 1 amide bonds. The van der Waals surface area contributed by atoms with E-state index in [0.717, 1.165) is 18.6 Å². The average Bonchev–Trinajstić information content (AvgIpc) is 3.35. The second kappa shape index (κ2) is 8.24. The molecule has 0 unspecified atom stereocenters. The van der Waals surface area contributed by atoms with E-state index in [-0.39, 0.29) is 16.8 Å². The van der Waals surface area contributed by atoms with Gasteiger partial charge in [0.2, 0.25) is 15.9 Å². The van der Waals surface area contributed by atoms with E-state index in [9.17, 15) is 13.2 Å². The summed E-state index contributed by atoms with van der Waals surface area (Å²) in [5, 5.41) is 2.83. The quantitative estimate of drug-likeness (QED) is 0.784. The number of amides is 1. The van der Waals surface area contributed by atoms with Crippen LogP contribution in [0.4, 0.5) is 5.69 Å². The van der Waals surface area contributed by atoms with Gasteiger partial charge in [0, 0.05) is 18.8 Å². The van der Waals surface area contributed by atoms with Gasteiger partial charge in [-0.25, -0.2) is 8.42 Å². The fourth-order valence-electron chi connectivity index (χ4n) is 3.02. The minimum absolute atomic E-state index is 0.167. The summed E-state index contributed by atoms with van der Waals surface area (Å²) in [6.45, 7) is 3.47. The minimum atomic E-state index is -3.44. The molecule has 1 aromatic carbocycles. The number of nitrogens with one attached hydrogen (secondary N) is 1. The maximum absolute atomic E-state index is 12.5. The molecule has 1 atom stereocenters. The summed E-state index contributed by atoms with van der Waals surface area (Å²) in [6.07, 6.45) is 3.40. The van der Waals surface area contributed by atoms with E-state index in [1.165, 1.54) is 4.31 Å². The van der Waals surface area contributed by atoms with E-state index in [1.54, 1.807) is 30.5 Å². The number of rotatable bonds is 7. The fraction of sp³-hybridized carbons (Fsp3) is 0.421. The van der Waals surface area contributed by atoms with Crippen molar-refractivity contribution in [2.45, 2.75) is 37.2 Å². The van der Waals surface area contributed by atoms with Crippen molar-refractivity contribution in [1.82, 2.24) is 9.21 Å². The summed E-state index contributed by atoms with van der Waals surface area (Å²) >= 11 is 0. The second-order valence-electron chi connectivity index (χ2n) is 6.80. The molecule has 1 aromatic heterocycles. The third-order valence-electron chi connectivity index (χ3n) is 4.85. The zero-order valence-corrected chi connectivity index (χ0v) is 16.4. The van der Waals surface area contributed by atoms with Gasteiger partial charge in [-0.1, -0.05) is 0 Å². The van der Waals surface area contributed by atoms with E-state index < -0.39 is 10.0 Å². The van der Waals surface area contributed by atoms with Crippen molar-refractivity contribution in [1.29, 1.82) is 0 Å². The molecule has 0 aliphatic carbocycles. The van der Waals surface area contributed by atoms with Crippen molar-refractivity contribution in [3.05, 3.63) is 48.4 Å². The lowest BCUT2D eigenvalue weighted by atomic mass is 10.2. The molecule has 0 spiro atoms. The van der Waals surface area contributed by atoms with Crippen LogP contribution in [0.1, 0.15) is 25.5 Å². The minimum Gasteiger partial charge on any atom is -0.468 e. The lowest BCUT2D eigenvalue weighted by Gasteiger charge is -2.23. The Morgan fingerprint density at radius 1 is 1.22 bits per heavy atom. The highest BCUT2D eigenvalue weighted by atomic mass is 32.2. The first-order valence-electron chi connectivity index (χ1n) is 9.01. The van der Waals surface area contributed by atoms with Gasteiger partial charge in [-0.15, -0.1) is 0 Å². The first-order valence-corrected chi connectivity index (χ1v) is 10.5. The zero-order valence-electron chi connectivity index (χ0n) is 15.6. The second-order valence-corrected chi connectivity index (χ2v) is 8.73. The summed E-state index contributed by atoms with van der Waals surface area (Å²) in [7, 11) is -1.60. The molecule has 1 saturated heterocycles. The van der Waals surface area contributed by atoms with Gasteiger partial charge in [-0.2, -0.15) is 4.31 Å². The van der Waals surface area contributed by atoms with Crippen molar-refractivity contribution in [2.24, 2.45) is 0 Å². The van der Waals surface area contributed by atoms with Crippen molar-refractivity contribution >= 4 is 21.6 Å². The van der Waals surface area contributed by atoms with Crippen molar-refractivity contribution in [3.8, 4) is 0 Å². The molecule has 1 aliphatic rings. The number of carbonyl (C=O) groups excluding carboxylic acids is 1. The summed E-state index contributed by atoms with van der Waals surface area (Å²) in [5.41, 5.74) is 0.568. The third-order valence-corrected chi connectivity index (χ3v) is 6.76. The van der Waals surface area contributed by atoms with E-state index in [4.69, 9.17) is 4.42 Å². The van der Waals surface area contributed by atoms with Crippen LogP contribution in [0.5, 0.6) is 0 Å². The standard InChI is InChI=1S/C19H25N3O4S/c1-15(21(2)14-17-6-5-13-26-17)19(23)20-16-7-9-18(10-8-16)27(24,25)22-11-3-4-12-22/h5-10,13,15H,3-4,11-12,14H2,1-2H3,(H,20,23)/t15-/m0/s1. The van der Waals surface area contributed by atoms with E-state index in [2.05, 4.69) is 5.32 Å². The van der Waals surface area contributed by atoms with Crippen molar-refractivity contribution in [3.63, 3.8) is 0 Å². The first-order chi connectivity index (χ1) is 12.9. The highest BCUT2D eigenvalue weighted by molar-refractivity contribution is 7.89. The molecule has 3 rings (SSSR count). The largest absolute Gasteiger partial charge is 0.468 e. The van der Waals surface area contributed by atoms with Crippen LogP contribution in [-0.2, 0) is 21.4 Å². The number of sulfonamides is 1. The molecule has 8 heteroatoms. The molecule has 0 saturated carbocycles. The Morgan fingerprint density at radius 2 is 1.89 bits per heavy atom. The average molecular weight is 391 g/mol. The van der Waals surface area contributed by atoms with Gasteiger partial charge in [0.25, 0.3) is 0 Å². The normalized spacial score (nSPS) is 16.6. The summed E-state index contributed by atoms with van der Waals surface area (Å²) < 4.78 is 31.9. The molecule has 27 heavy (non-hydrogen) atoms. The fourth-order valence-corrected chi connectivity index (χ4v) is 4.54. The predicted molar refractivity (Wildman–Crippen MR) is 103 cm³/mol. The van der Waals surface area contributed by atoms with Crippen LogP contribution in [0.3, 0.4) is 0 Å². The number of benzene rings is 1. The number of carbonyl (C=O) groups is 1. The van der Waals surface area contributed by atoms with E-state index in [1.807, 2.05) is 31.0 Å². The number of hydrogen-bond acceptors (Lipinski definition) is 5. The molecule has 2 heterocycles. The molecular formula is C19H25N3O4S. The molecule has 1 fully saturated rings. The van der Waals surface area contributed by atoms with Gasteiger partial charge < -0.3 is 9.73 Å². The number of nitrogens with zero attached hydrogens (tertiary/aromatic N) is 2. The van der Waals surface area contributed by atoms with Gasteiger partial charge in [-0.05, 0) is 63.2 Å². The third kappa shape index (κ3) is 4.58. The van der Waals surface area contributed by atoms with Crippen LogP contribution in [0.2, 0.25) is 0 Å². The molecule has 0 bridgehead atoms. The summed E-state index contributed by atoms with van der Waals surface area (Å²) in [6, 6.07) is 9.64. The Bertz CT molecular complexity index is 857. The molecule has 146 valence electrons. The molecule has 2 aromatic rings. The summed E-state index contributed by atoms with van der Waals surface area (Å²) in [5.74, 6) is 0.618. The van der Waals surface area contributed by atoms with Crippen molar-refractivity contribution in [2.75, 3.05) is 25.5 Å². The van der Waals surface area contributed by atoms with Crippen LogP contribution >= 0.6 is 0 Å². The Morgan fingerprint density at radius 3 is 2.48 bits per heavy atom. The van der Waals surface area contributed by atoms with Gasteiger partial charge >= 0.3 is 0 Å². The maximum atomic E-state index is 12.5. The number of anilines is 1. The van der Waals surface area contributed by atoms with E-state index in [0.29, 0.717) is 25.3 Å². The number of furan rings is 1. The zero-order chi connectivity index (χ0) is 19.4. The highest BCUT2D eigenvalue weighted by Gasteiger charge is 2.27. The van der Waals surface area contributed by atoms with Crippen LogP contribution in [0.25, 0.3) is 0 Å². The Balaban J connectivity index is 1.61. The molecule has 1 aliphatic heterocycles. The van der Waals surface area contributed by atoms with Gasteiger partial charge in [0.05, 0.1) is 23.7 Å². The van der Waals surface area contributed by atoms with Crippen molar-refractivity contribution < 1.29 is 17.6 Å². The molecule has 0 radical (unpaired) electrons. The highest BCUT2D eigenvalue weighted by Crippen LogP contribution is 2.22. The Labute approximate surface area is 160 Å². The topological polar surface area (TPSA) is 82.9 Å². The number of likely N-dealkylation sites (N-methyl/N-ethyl adjacent to an activating group) is 1. The van der Waals surface area contributed by atoms with Crippen LogP contribution < -0.4 is 5.32 Å². The lowest BCUT2D eigenvalue weighted by Crippen LogP contribution is -2.39. The maximum Gasteiger partial charge on any atom is 0.243 e. The predicted octanol–water partition coefficient (Wildman–Crippen LogP) is 2.52. The first kappa shape index (κ1) is 19.6. The van der Waals surface area contributed by atoms with Crippen LogP contribution in [0, 0.1) is 0 Å². The smallest absolute Gasteiger partial charge is 0.243 e.